The summed E-state index contributed by atoms with van der Waals surface area (Å²) in [5, 5.41) is 17.1. The molecule has 0 radical (unpaired) electrons. The van der Waals surface area contributed by atoms with E-state index in [0.717, 1.165) is 11.2 Å². The third kappa shape index (κ3) is 2.63. The second-order valence-corrected chi connectivity index (χ2v) is 5.62. The molecule has 3 heterocycles. The predicted molar refractivity (Wildman–Crippen MR) is 78.5 cm³/mol. The number of nitrogens with one attached hydrogen (secondary N) is 1. The van der Waals surface area contributed by atoms with E-state index >= 15 is 0 Å². The van der Waals surface area contributed by atoms with Crippen LogP contribution in [0.25, 0.3) is 5.65 Å². The molecule has 1 atom stereocenters. The van der Waals surface area contributed by atoms with E-state index in [9.17, 15) is 5.11 Å². The average Bonchev–Trinajstić information content (AvgIpc) is 3.05. The summed E-state index contributed by atoms with van der Waals surface area (Å²) in [5.41, 5.74) is 1.65. The molecule has 7 heteroatoms. The number of rotatable bonds is 4. The van der Waals surface area contributed by atoms with Gasteiger partial charge in [0.1, 0.15) is 4.60 Å². The molecule has 0 bridgehead atoms. The summed E-state index contributed by atoms with van der Waals surface area (Å²) in [4.78, 5) is 8.58. The second kappa shape index (κ2) is 5.28. The van der Waals surface area contributed by atoms with Crippen LogP contribution in [0.15, 0.2) is 40.0 Å². The number of aliphatic hydroxyl groups excluding tert-OH is 1. The third-order valence-electron chi connectivity index (χ3n) is 2.74. The van der Waals surface area contributed by atoms with Gasteiger partial charge in [-0.2, -0.15) is 11.3 Å². The first-order valence-corrected chi connectivity index (χ1v) is 7.41. The van der Waals surface area contributed by atoms with Crippen LogP contribution >= 0.6 is 27.3 Å². The Hall–Kier alpha value is -1.44. The number of nitrogens with zero attached hydrogens (tertiary/aromatic N) is 3. The van der Waals surface area contributed by atoms with Gasteiger partial charge in [0, 0.05) is 25.1 Å². The van der Waals surface area contributed by atoms with Crippen LogP contribution in [0.3, 0.4) is 0 Å². The number of thiophene rings is 1. The maximum absolute atomic E-state index is 10.0. The molecule has 0 fully saturated rings. The molecule has 0 aliphatic carbocycles. The molecule has 98 valence electrons. The number of halogens is 1. The van der Waals surface area contributed by atoms with Gasteiger partial charge in [-0.1, -0.05) is 0 Å². The second-order valence-electron chi connectivity index (χ2n) is 4.02. The van der Waals surface area contributed by atoms with E-state index in [0.29, 0.717) is 17.0 Å². The molecule has 3 rings (SSSR count). The average molecular weight is 339 g/mol. The van der Waals surface area contributed by atoms with Crippen molar-refractivity contribution in [2.24, 2.45) is 0 Å². The van der Waals surface area contributed by atoms with Crippen molar-refractivity contribution >= 4 is 38.7 Å². The maximum Gasteiger partial charge on any atom is 0.180 e. The van der Waals surface area contributed by atoms with Crippen molar-refractivity contribution in [3.63, 3.8) is 0 Å². The largest absolute Gasteiger partial charge is 0.387 e. The zero-order valence-electron chi connectivity index (χ0n) is 9.82. The molecular formula is C12H11BrN4OS. The standard InChI is InChI=1S/C12H11BrN4OS/c13-10-6-17-3-2-14-12(17)11(16-10)15-5-9(18)8-1-4-19-7-8/h1-4,6-7,9,18H,5H2,(H,15,16). The summed E-state index contributed by atoms with van der Waals surface area (Å²) in [5.74, 6) is 0.647. The van der Waals surface area contributed by atoms with E-state index in [2.05, 4.69) is 31.2 Å². The van der Waals surface area contributed by atoms with Crippen LogP contribution in [0.4, 0.5) is 5.82 Å². The van der Waals surface area contributed by atoms with E-state index in [1.54, 1.807) is 17.5 Å². The van der Waals surface area contributed by atoms with E-state index in [1.165, 1.54) is 0 Å². The van der Waals surface area contributed by atoms with Gasteiger partial charge in [-0.15, -0.1) is 0 Å². The first kappa shape index (κ1) is 12.6. The summed E-state index contributed by atoms with van der Waals surface area (Å²) < 4.78 is 2.58. The molecule has 5 nitrogen and oxygen atoms in total. The van der Waals surface area contributed by atoms with Crippen LogP contribution in [0.2, 0.25) is 0 Å². The zero-order valence-corrected chi connectivity index (χ0v) is 12.2. The molecule has 3 aromatic rings. The Kier molecular flexibility index (Phi) is 3.50. The van der Waals surface area contributed by atoms with Crippen LogP contribution in [0, 0.1) is 0 Å². The Morgan fingerprint density at radius 1 is 1.53 bits per heavy atom. The molecule has 0 aromatic carbocycles. The smallest absolute Gasteiger partial charge is 0.180 e. The number of anilines is 1. The van der Waals surface area contributed by atoms with Gasteiger partial charge >= 0.3 is 0 Å². The Morgan fingerprint density at radius 2 is 2.42 bits per heavy atom. The van der Waals surface area contributed by atoms with Crippen LogP contribution in [-0.4, -0.2) is 26.0 Å². The minimum Gasteiger partial charge on any atom is -0.387 e. The van der Waals surface area contributed by atoms with Crippen molar-refractivity contribution in [3.8, 4) is 0 Å². The van der Waals surface area contributed by atoms with Crippen LogP contribution in [0.5, 0.6) is 0 Å². The molecule has 19 heavy (non-hydrogen) atoms. The van der Waals surface area contributed by atoms with Crippen molar-refractivity contribution < 1.29 is 5.11 Å². The van der Waals surface area contributed by atoms with Crippen molar-refractivity contribution in [2.75, 3.05) is 11.9 Å². The third-order valence-corrected chi connectivity index (χ3v) is 3.82. The van der Waals surface area contributed by atoms with Gasteiger partial charge in [0.05, 0.1) is 6.10 Å². The molecule has 1 unspecified atom stereocenters. The molecule has 0 saturated heterocycles. The highest BCUT2D eigenvalue weighted by Crippen LogP contribution is 2.20. The number of hydrogen-bond acceptors (Lipinski definition) is 5. The minimum absolute atomic E-state index is 0.392. The number of fused-ring (bicyclic) bond motifs is 1. The topological polar surface area (TPSA) is 62.5 Å². The summed E-state index contributed by atoms with van der Waals surface area (Å²) in [7, 11) is 0. The fraction of sp³-hybridized carbons (Fsp3) is 0.167. The molecule has 0 aliphatic rings. The van der Waals surface area contributed by atoms with E-state index in [4.69, 9.17) is 0 Å². The van der Waals surface area contributed by atoms with E-state index < -0.39 is 6.10 Å². The molecule has 0 aliphatic heterocycles. The molecular weight excluding hydrogens is 328 g/mol. The molecule has 3 aromatic heterocycles. The van der Waals surface area contributed by atoms with E-state index in [-0.39, 0.29) is 0 Å². The normalized spacial score (nSPS) is 12.7. The number of hydrogen-bond donors (Lipinski definition) is 2. The van der Waals surface area contributed by atoms with Gasteiger partial charge in [-0.25, -0.2) is 9.97 Å². The van der Waals surface area contributed by atoms with Gasteiger partial charge in [0.25, 0.3) is 0 Å². The summed E-state index contributed by atoms with van der Waals surface area (Å²) in [6.45, 7) is 0.392. The first-order valence-electron chi connectivity index (χ1n) is 5.67. The Bertz CT molecular complexity index is 682. The maximum atomic E-state index is 10.0. The van der Waals surface area contributed by atoms with Gasteiger partial charge in [-0.05, 0) is 38.3 Å². The molecule has 2 N–H and O–H groups in total. The van der Waals surface area contributed by atoms with Crippen molar-refractivity contribution in [1.29, 1.82) is 0 Å². The fourth-order valence-corrected chi connectivity index (χ4v) is 2.90. The molecule has 0 amide bonds. The molecule has 0 saturated carbocycles. The summed E-state index contributed by atoms with van der Waals surface area (Å²) in [6, 6.07) is 1.91. The van der Waals surface area contributed by atoms with Gasteiger partial charge in [-0.3, -0.25) is 0 Å². The quantitative estimate of drug-likeness (QED) is 0.767. The van der Waals surface area contributed by atoms with Gasteiger partial charge in [0.15, 0.2) is 11.5 Å². The Labute approximate surface area is 122 Å². The highest BCUT2D eigenvalue weighted by atomic mass is 79.9. The lowest BCUT2D eigenvalue weighted by atomic mass is 10.2. The SMILES string of the molecule is OC(CNc1nc(Br)cn2ccnc12)c1ccsc1. The van der Waals surface area contributed by atoms with Crippen molar-refractivity contribution in [3.05, 3.63) is 45.6 Å². The van der Waals surface area contributed by atoms with Gasteiger partial charge in [0.2, 0.25) is 0 Å². The predicted octanol–water partition coefficient (Wildman–Crippen LogP) is 2.70. The molecule has 0 spiro atoms. The van der Waals surface area contributed by atoms with Crippen LogP contribution in [0.1, 0.15) is 11.7 Å². The van der Waals surface area contributed by atoms with Crippen LogP contribution in [-0.2, 0) is 0 Å². The van der Waals surface area contributed by atoms with Crippen LogP contribution < -0.4 is 5.32 Å². The fourth-order valence-electron chi connectivity index (χ4n) is 1.80. The monoisotopic (exact) mass is 338 g/mol. The first-order chi connectivity index (χ1) is 9.24. The highest BCUT2D eigenvalue weighted by Gasteiger charge is 2.11. The zero-order chi connectivity index (χ0) is 13.2. The Balaban J connectivity index is 1.80. The van der Waals surface area contributed by atoms with E-state index in [1.807, 2.05) is 33.6 Å². The van der Waals surface area contributed by atoms with Crippen molar-refractivity contribution in [1.82, 2.24) is 14.4 Å². The minimum atomic E-state index is -0.554. The lowest BCUT2D eigenvalue weighted by Gasteiger charge is -2.11. The Morgan fingerprint density at radius 3 is 3.21 bits per heavy atom. The van der Waals surface area contributed by atoms with Gasteiger partial charge < -0.3 is 14.8 Å². The summed E-state index contributed by atoms with van der Waals surface area (Å²) in [6.07, 6.45) is 4.84. The lowest BCUT2D eigenvalue weighted by Crippen LogP contribution is -2.13. The number of aliphatic hydroxyl groups is 1. The number of aromatic nitrogens is 3. The van der Waals surface area contributed by atoms with Crippen molar-refractivity contribution in [2.45, 2.75) is 6.10 Å². The summed E-state index contributed by atoms with van der Waals surface area (Å²) >= 11 is 4.92. The number of imidazole rings is 1. The highest BCUT2D eigenvalue weighted by molar-refractivity contribution is 9.10. The lowest BCUT2D eigenvalue weighted by molar-refractivity contribution is 0.192.